The van der Waals surface area contributed by atoms with E-state index in [4.69, 9.17) is 10.5 Å². The lowest BCUT2D eigenvalue weighted by Crippen LogP contribution is -2.48. The van der Waals surface area contributed by atoms with Crippen molar-refractivity contribution in [2.45, 2.75) is 19.4 Å². The molecule has 110 valence electrons. The molecule has 0 bridgehead atoms. The Balaban J connectivity index is 2.00. The van der Waals surface area contributed by atoms with Crippen LogP contribution in [0.1, 0.15) is 18.4 Å². The second-order valence-electron chi connectivity index (χ2n) is 5.06. The number of benzene rings is 1. The number of nitrogens with one attached hydrogen (secondary N) is 1. The number of rotatable bonds is 4. The number of ether oxygens (including phenoxy) is 1. The highest BCUT2D eigenvalue weighted by molar-refractivity contribution is 9.10. The molecule has 1 saturated heterocycles. The molecule has 1 heterocycles. The van der Waals surface area contributed by atoms with Crippen molar-refractivity contribution in [3.05, 3.63) is 34.1 Å². The third-order valence-corrected chi connectivity index (χ3v) is 4.16. The van der Waals surface area contributed by atoms with Crippen LogP contribution in [0, 0.1) is 11.2 Å². The summed E-state index contributed by atoms with van der Waals surface area (Å²) in [7, 11) is 0. The van der Waals surface area contributed by atoms with E-state index >= 15 is 0 Å². The zero-order valence-corrected chi connectivity index (χ0v) is 12.7. The minimum absolute atomic E-state index is 0.0799. The van der Waals surface area contributed by atoms with Crippen LogP contribution >= 0.6 is 15.9 Å². The van der Waals surface area contributed by atoms with Gasteiger partial charge >= 0.3 is 0 Å². The molecule has 0 spiro atoms. The fraction of sp³-hybridized carbons (Fsp3) is 0.500. The zero-order chi connectivity index (χ0) is 14.6. The molecular formula is C14H18BrFN2O2. The quantitative estimate of drug-likeness (QED) is 0.877. The summed E-state index contributed by atoms with van der Waals surface area (Å²) >= 11 is 3.23. The second-order valence-corrected chi connectivity index (χ2v) is 5.97. The van der Waals surface area contributed by atoms with Gasteiger partial charge in [0.1, 0.15) is 5.82 Å². The summed E-state index contributed by atoms with van der Waals surface area (Å²) in [6.45, 7) is 1.69. The molecule has 1 aromatic carbocycles. The minimum Gasteiger partial charge on any atom is -0.381 e. The van der Waals surface area contributed by atoms with Crippen LogP contribution in [0.5, 0.6) is 0 Å². The van der Waals surface area contributed by atoms with Crippen LogP contribution in [0.3, 0.4) is 0 Å². The molecular weight excluding hydrogens is 327 g/mol. The number of carbonyl (C=O) groups excluding carboxylic acids is 1. The van der Waals surface area contributed by atoms with Crippen molar-refractivity contribution in [1.29, 1.82) is 0 Å². The van der Waals surface area contributed by atoms with Crippen molar-refractivity contribution >= 4 is 21.8 Å². The van der Waals surface area contributed by atoms with Gasteiger partial charge in [-0.1, -0.05) is 15.9 Å². The van der Waals surface area contributed by atoms with E-state index in [1.54, 1.807) is 6.07 Å². The highest BCUT2D eigenvalue weighted by atomic mass is 79.9. The molecule has 1 aliphatic rings. The summed E-state index contributed by atoms with van der Waals surface area (Å²) in [5.74, 6) is -0.410. The van der Waals surface area contributed by atoms with E-state index in [-0.39, 0.29) is 18.3 Å². The molecule has 2 rings (SSSR count). The molecule has 6 heteroatoms. The van der Waals surface area contributed by atoms with E-state index in [2.05, 4.69) is 21.2 Å². The molecule has 1 aromatic rings. The molecule has 0 saturated carbocycles. The molecule has 20 heavy (non-hydrogen) atoms. The summed E-state index contributed by atoms with van der Waals surface area (Å²) in [5, 5.41) is 2.85. The predicted octanol–water partition coefficient (Wildman–Crippen LogP) is 1.96. The van der Waals surface area contributed by atoms with Gasteiger partial charge in [-0.05, 0) is 36.6 Å². The Morgan fingerprint density at radius 3 is 2.70 bits per heavy atom. The fourth-order valence-electron chi connectivity index (χ4n) is 2.37. The Kier molecular flexibility index (Phi) is 5.12. The van der Waals surface area contributed by atoms with Gasteiger partial charge in [-0.2, -0.15) is 0 Å². The van der Waals surface area contributed by atoms with E-state index in [1.807, 2.05) is 0 Å². The van der Waals surface area contributed by atoms with Crippen molar-refractivity contribution in [3.8, 4) is 0 Å². The van der Waals surface area contributed by atoms with Crippen LogP contribution in [-0.2, 0) is 16.1 Å². The molecule has 3 N–H and O–H groups in total. The van der Waals surface area contributed by atoms with Gasteiger partial charge in [0, 0.05) is 30.8 Å². The van der Waals surface area contributed by atoms with E-state index < -0.39 is 5.41 Å². The molecule has 1 amide bonds. The molecule has 0 aliphatic carbocycles. The van der Waals surface area contributed by atoms with Crippen LogP contribution in [-0.4, -0.2) is 25.7 Å². The maximum Gasteiger partial charge on any atom is 0.227 e. The van der Waals surface area contributed by atoms with Crippen LogP contribution in [0.4, 0.5) is 4.39 Å². The minimum atomic E-state index is -0.553. The molecule has 0 atom stereocenters. The van der Waals surface area contributed by atoms with Gasteiger partial charge in [0.05, 0.1) is 5.41 Å². The van der Waals surface area contributed by atoms with Crippen LogP contribution < -0.4 is 11.1 Å². The summed E-state index contributed by atoms with van der Waals surface area (Å²) in [5.41, 5.74) is 5.93. The number of hydrogen-bond donors (Lipinski definition) is 2. The summed E-state index contributed by atoms with van der Waals surface area (Å²) < 4.78 is 19.2. The second kappa shape index (κ2) is 6.65. The fourth-order valence-corrected chi connectivity index (χ4v) is 2.88. The highest BCUT2D eigenvalue weighted by Crippen LogP contribution is 2.29. The average Bonchev–Trinajstić information content (AvgIpc) is 2.44. The number of hydrogen-bond acceptors (Lipinski definition) is 3. The molecule has 1 fully saturated rings. The molecule has 0 aromatic heterocycles. The van der Waals surface area contributed by atoms with E-state index in [0.29, 0.717) is 42.6 Å². The first-order valence-electron chi connectivity index (χ1n) is 6.57. The van der Waals surface area contributed by atoms with Crippen LogP contribution in [0.2, 0.25) is 0 Å². The Labute approximate surface area is 126 Å². The van der Waals surface area contributed by atoms with Gasteiger partial charge in [0.15, 0.2) is 0 Å². The summed E-state index contributed by atoms with van der Waals surface area (Å²) in [6.07, 6.45) is 1.25. The van der Waals surface area contributed by atoms with Gasteiger partial charge in [0.2, 0.25) is 5.91 Å². The molecule has 4 nitrogen and oxygen atoms in total. The Morgan fingerprint density at radius 1 is 1.40 bits per heavy atom. The Bertz CT molecular complexity index is 470. The van der Waals surface area contributed by atoms with E-state index in [0.717, 1.165) is 0 Å². The highest BCUT2D eigenvalue weighted by Gasteiger charge is 2.38. The van der Waals surface area contributed by atoms with Gasteiger partial charge in [-0.25, -0.2) is 4.39 Å². The predicted molar refractivity (Wildman–Crippen MR) is 77.5 cm³/mol. The normalized spacial score (nSPS) is 17.8. The number of amides is 1. The van der Waals surface area contributed by atoms with Gasteiger partial charge in [0.25, 0.3) is 0 Å². The first kappa shape index (κ1) is 15.4. The van der Waals surface area contributed by atoms with Crippen LogP contribution in [0.15, 0.2) is 22.7 Å². The molecule has 0 unspecified atom stereocenters. The number of nitrogens with two attached hydrogens (primary N) is 1. The maximum atomic E-state index is 13.3. The lowest BCUT2D eigenvalue weighted by atomic mass is 9.79. The summed E-state index contributed by atoms with van der Waals surface area (Å²) in [4.78, 5) is 12.3. The Morgan fingerprint density at radius 2 is 2.10 bits per heavy atom. The SMILES string of the molecule is NCC1(C(=O)NCc2cc(F)cc(Br)c2)CCOCC1. The van der Waals surface area contributed by atoms with Crippen LogP contribution in [0.25, 0.3) is 0 Å². The van der Waals surface area contributed by atoms with Gasteiger partial charge < -0.3 is 15.8 Å². The number of halogens is 2. The first-order chi connectivity index (χ1) is 9.55. The number of carbonyl (C=O) groups is 1. The van der Waals surface area contributed by atoms with Crippen molar-refractivity contribution in [2.75, 3.05) is 19.8 Å². The zero-order valence-electron chi connectivity index (χ0n) is 11.1. The third-order valence-electron chi connectivity index (χ3n) is 3.70. The van der Waals surface area contributed by atoms with E-state index in [1.165, 1.54) is 12.1 Å². The monoisotopic (exact) mass is 344 g/mol. The lowest BCUT2D eigenvalue weighted by molar-refractivity contribution is -0.136. The lowest BCUT2D eigenvalue weighted by Gasteiger charge is -2.34. The standard InChI is InChI=1S/C14H18BrFN2O2/c15-11-5-10(6-12(16)7-11)8-18-13(19)14(9-17)1-3-20-4-2-14/h5-7H,1-4,8-9,17H2,(H,18,19). The van der Waals surface area contributed by atoms with Crippen molar-refractivity contribution in [2.24, 2.45) is 11.1 Å². The van der Waals surface area contributed by atoms with Crippen molar-refractivity contribution < 1.29 is 13.9 Å². The smallest absolute Gasteiger partial charge is 0.227 e. The van der Waals surface area contributed by atoms with Gasteiger partial charge in [-0.15, -0.1) is 0 Å². The van der Waals surface area contributed by atoms with Crippen molar-refractivity contribution in [3.63, 3.8) is 0 Å². The van der Waals surface area contributed by atoms with Crippen molar-refractivity contribution in [1.82, 2.24) is 5.32 Å². The average molecular weight is 345 g/mol. The third kappa shape index (κ3) is 3.56. The Hall–Kier alpha value is -0.980. The summed E-state index contributed by atoms with van der Waals surface area (Å²) in [6, 6.07) is 4.57. The largest absolute Gasteiger partial charge is 0.381 e. The van der Waals surface area contributed by atoms with Gasteiger partial charge in [-0.3, -0.25) is 4.79 Å². The van der Waals surface area contributed by atoms with E-state index in [9.17, 15) is 9.18 Å². The first-order valence-corrected chi connectivity index (χ1v) is 7.36. The molecule has 0 radical (unpaired) electrons. The maximum absolute atomic E-state index is 13.3. The molecule has 1 aliphatic heterocycles. The topological polar surface area (TPSA) is 64.4 Å².